The average Bonchev–Trinajstić information content (AvgIpc) is 2.57. The molecule has 0 amide bonds. The summed E-state index contributed by atoms with van der Waals surface area (Å²) >= 11 is 12.8. The van der Waals surface area contributed by atoms with Crippen LogP contribution >= 0.6 is 43.5 Å². The van der Waals surface area contributed by atoms with Gasteiger partial charge in [0.15, 0.2) is 0 Å². The molecule has 0 saturated heterocycles. The standard InChI is InChI=1S/C14H12Br2ClFO/c1-6-7(2)19-8(3)13(6)14(16)9-4-11(17)10(15)5-12(9)18/h4-5,14H,1-3H3. The maximum atomic E-state index is 14.1. The number of benzene rings is 1. The second kappa shape index (κ2) is 5.58. The van der Waals surface area contributed by atoms with Crippen molar-refractivity contribution in [3.63, 3.8) is 0 Å². The van der Waals surface area contributed by atoms with E-state index in [1.54, 1.807) is 6.07 Å². The predicted octanol–water partition coefficient (Wildman–Crippen LogP) is 6.24. The largest absolute Gasteiger partial charge is 0.466 e. The van der Waals surface area contributed by atoms with Crippen molar-refractivity contribution >= 4 is 43.5 Å². The second-order valence-electron chi connectivity index (χ2n) is 4.40. The van der Waals surface area contributed by atoms with E-state index in [0.29, 0.717) is 15.1 Å². The van der Waals surface area contributed by atoms with Gasteiger partial charge in [-0.15, -0.1) is 0 Å². The van der Waals surface area contributed by atoms with Crippen molar-refractivity contribution in [3.8, 4) is 0 Å². The van der Waals surface area contributed by atoms with E-state index < -0.39 is 0 Å². The molecule has 1 atom stereocenters. The van der Waals surface area contributed by atoms with Crippen LogP contribution in [-0.4, -0.2) is 0 Å². The van der Waals surface area contributed by atoms with Gasteiger partial charge in [-0.1, -0.05) is 27.5 Å². The summed E-state index contributed by atoms with van der Waals surface area (Å²) < 4.78 is 20.2. The molecular weight excluding hydrogens is 398 g/mol. The molecule has 102 valence electrons. The Morgan fingerprint density at radius 2 is 1.84 bits per heavy atom. The highest BCUT2D eigenvalue weighted by atomic mass is 79.9. The van der Waals surface area contributed by atoms with Crippen molar-refractivity contribution in [2.45, 2.75) is 25.6 Å². The Kier molecular flexibility index (Phi) is 4.43. The Morgan fingerprint density at radius 3 is 2.37 bits per heavy atom. The summed E-state index contributed by atoms with van der Waals surface area (Å²) in [5.41, 5.74) is 2.48. The lowest BCUT2D eigenvalue weighted by Crippen LogP contribution is -1.99. The quantitative estimate of drug-likeness (QED) is 0.422. The number of rotatable bonds is 2. The predicted molar refractivity (Wildman–Crippen MR) is 82.8 cm³/mol. The maximum Gasteiger partial charge on any atom is 0.129 e. The van der Waals surface area contributed by atoms with Crippen molar-refractivity contribution in [2.24, 2.45) is 0 Å². The van der Waals surface area contributed by atoms with Gasteiger partial charge in [-0.3, -0.25) is 0 Å². The molecule has 0 fully saturated rings. The van der Waals surface area contributed by atoms with Crippen LogP contribution in [0.15, 0.2) is 21.0 Å². The molecule has 0 spiro atoms. The number of aryl methyl sites for hydroxylation is 2. The number of alkyl halides is 1. The van der Waals surface area contributed by atoms with E-state index in [9.17, 15) is 4.39 Å². The normalized spacial score (nSPS) is 12.8. The van der Waals surface area contributed by atoms with Crippen LogP contribution in [0.2, 0.25) is 5.02 Å². The van der Waals surface area contributed by atoms with Crippen LogP contribution in [0.5, 0.6) is 0 Å². The molecule has 2 rings (SSSR count). The first-order valence-electron chi connectivity index (χ1n) is 5.68. The van der Waals surface area contributed by atoms with Crippen molar-refractivity contribution in [1.29, 1.82) is 0 Å². The van der Waals surface area contributed by atoms with Crippen LogP contribution in [0, 0.1) is 26.6 Å². The van der Waals surface area contributed by atoms with Gasteiger partial charge in [0.05, 0.1) is 9.85 Å². The molecule has 19 heavy (non-hydrogen) atoms. The van der Waals surface area contributed by atoms with Gasteiger partial charge < -0.3 is 4.42 Å². The van der Waals surface area contributed by atoms with Crippen molar-refractivity contribution in [2.75, 3.05) is 0 Å². The molecule has 2 aromatic rings. The summed E-state index contributed by atoms with van der Waals surface area (Å²) in [6, 6.07) is 3.01. The minimum atomic E-state index is -0.309. The Bertz CT molecular complexity index is 637. The highest BCUT2D eigenvalue weighted by Gasteiger charge is 2.23. The van der Waals surface area contributed by atoms with E-state index in [-0.39, 0.29) is 10.6 Å². The zero-order valence-corrected chi connectivity index (χ0v) is 14.6. The molecule has 0 saturated carbocycles. The van der Waals surface area contributed by atoms with Gasteiger partial charge in [-0.25, -0.2) is 4.39 Å². The Morgan fingerprint density at radius 1 is 1.21 bits per heavy atom. The summed E-state index contributed by atoms with van der Waals surface area (Å²) in [5, 5.41) is 0.483. The molecule has 1 unspecified atom stereocenters. The monoisotopic (exact) mass is 408 g/mol. The molecule has 0 N–H and O–H groups in total. The number of furan rings is 1. The van der Waals surface area contributed by atoms with Crippen LogP contribution in [0.25, 0.3) is 0 Å². The lowest BCUT2D eigenvalue weighted by atomic mass is 10.0. The van der Waals surface area contributed by atoms with E-state index in [0.717, 1.165) is 22.6 Å². The molecule has 1 aromatic heterocycles. The molecular formula is C14H12Br2ClFO. The van der Waals surface area contributed by atoms with Crippen LogP contribution in [0.4, 0.5) is 4.39 Å². The fourth-order valence-corrected chi connectivity index (χ4v) is 3.58. The Hall–Kier alpha value is -0.320. The van der Waals surface area contributed by atoms with Gasteiger partial charge in [-0.2, -0.15) is 0 Å². The van der Waals surface area contributed by atoms with E-state index in [2.05, 4.69) is 31.9 Å². The number of hydrogen-bond acceptors (Lipinski definition) is 1. The Balaban J connectivity index is 2.56. The minimum absolute atomic E-state index is 0.282. The molecule has 5 heteroatoms. The van der Waals surface area contributed by atoms with E-state index in [4.69, 9.17) is 16.0 Å². The zero-order chi connectivity index (χ0) is 14.3. The Labute approximate surface area is 133 Å². The van der Waals surface area contributed by atoms with Crippen LogP contribution in [0.1, 0.15) is 33.0 Å². The number of hydrogen-bond donors (Lipinski definition) is 0. The van der Waals surface area contributed by atoms with Gasteiger partial charge >= 0.3 is 0 Å². The molecule has 0 bridgehead atoms. The van der Waals surface area contributed by atoms with Crippen molar-refractivity contribution in [1.82, 2.24) is 0 Å². The third kappa shape index (κ3) is 2.76. The fourth-order valence-electron chi connectivity index (χ4n) is 2.07. The summed E-state index contributed by atoms with van der Waals surface area (Å²) in [5.74, 6) is 1.33. The first-order valence-corrected chi connectivity index (χ1v) is 7.76. The highest BCUT2D eigenvalue weighted by Crippen LogP contribution is 2.40. The molecule has 1 heterocycles. The SMILES string of the molecule is Cc1oc(C)c(C(Br)c2cc(Cl)c(Br)cc2F)c1C. The van der Waals surface area contributed by atoms with E-state index in [1.165, 1.54) is 6.07 Å². The smallest absolute Gasteiger partial charge is 0.129 e. The fraction of sp³-hybridized carbons (Fsp3) is 0.286. The van der Waals surface area contributed by atoms with E-state index >= 15 is 0 Å². The topological polar surface area (TPSA) is 13.1 Å². The first-order chi connectivity index (χ1) is 8.82. The number of halogens is 4. The van der Waals surface area contributed by atoms with Crippen LogP contribution in [0.3, 0.4) is 0 Å². The lowest BCUT2D eigenvalue weighted by molar-refractivity contribution is 0.500. The van der Waals surface area contributed by atoms with Gasteiger partial charge in [0.2, 0.25) is 0 Å². The van der Waals surface area contributed by atoms with E-state index in [1.807, 2.05) is 20.8 Å². The van der Waals surface area contributed by atoms with Gasteiger partial charge in [-0.05, 0) is 54.4 Å². The molecule has 0 radical (unpaired) electrons. The third-order valence-corrected chi connectivity index (χ3v) is 5.33. The maximum absolute atomic E-state index is 14.1. The second-order valence-corrected chi connectivity index (χ2v) is 6.58. The van der Waals surface area contributed by atoms with Crippen molar-refractivity contribution in [3.05, 3.63) is 55.7 Å². The summed E-state index contributed by atoms with van der Waals surface area (Å²) in [4.78, 5) is -0.282. The highest BCUT2D eigenvalue weighted by molar-refractivity contribution is 9.10. The summed E-state index contributed by atoms with van der Waals surface area (Å²) in [7, 11) is 0. The lowest BCUT2D eigenvalue weighted by Gasteiger charge is -2.13. The van der Waals surface area contributed by atoms with Gasteiger partial charge in [0.25, 0.3) is 0 Å². The molecule has 0 aliphatic heterocycles. The van der Waals surface area contributed by atoms with Crippen LogP contribution in [-0.2, 0) is 0 Å². The third-order valence-electron chi connectivity index (χ3n) is 3.18. The first kappa shape index (κ1) is 15.1. The van der Waals surface area contributed by atoms with Gasteiger partial charge in [0, 0.05) is 15.6 Å². The van der Waals surface area contributed by atoms with Crippen LogP contribution < -0.4 is 0 Å². The summed E-state index contributed by atoms with van der Waals surface area (Å²) in [6.45, 7) is 5.74. The zero-order valence-electron chi connectivity index (χ0n) is 10.7. The van der Waals surface area contributed by atoms with Gasteiger partial charge in [0.1, 0.15) is 17.3 Å². The minimum Gasteiger partial charge on any atom is -0.466 e. The van der Waals surface area contributed by atoms with Crippen molar-refractivity contribution < 1.29 is 8.81 Å². The molecule has 0 aliphatic rings. The molecule has 1 nitrogen and oxygen atoms in total. The molecule has 1 aromatic carbocycles. The summed E-state index contributed by atoms with van der Waals surface area (Å²) in [6.07, 6.45) is 0. The molecule has 0 aliphatic carbocycles. The average molecular weight is 411 g/mol.